The Morgan fingerprint density at radius 3 is 2.76 bits per heavy atom. The summed E-state index contributed by atoms with van der Waals surface area (Å²) in [5.41, 5.74) is 3.80. The van der Waals surface area contributed by atoms with Gasteiger partial charge >= 0.3 is 0 Å². The van der Waals surface area contributed by atoms with E-state index < -0.39 is 0 Å². The summed E-state index contributed by atoms with van der Waals surface area (Å²) in [4.78, 5) is 0. The lowest BCUT2D eigenvalue weighted by Crippen LogP contribution is -2.24. The maximum absolute atomic E-state index is 4.81. The van der Waals surface area contributed by atoms with Crippen LogP contribution in [0.1, 0.15) is 30.5 Å². The van der Waals surface area contributed by atoms with Gasteiger partial charge in [0.2, 0.25) is 0 Å². The zero-order chi connectivity index (χ0) is 14.2. The van der Waals surface area contributed by atoms with Crippen LogP contribution in [0.4, 0.5) is 5.82 Å². The molecule has 1 aromatic heterocycles. The van der Waals surface area contributed by atoms with Crippen LogP contribution in [0.15, 0.2) is 48.5 Å². The second-order valence-electron chi connectivity index (χ2n) is 5.64. The molecule has 0 fully saturated rings. The molecule has 1 aliphatic rings. The summed E-state index contributed by atoms with van der Waals surface area (Å²) in [7, 11) is 0. The molecule has 4 rings (SSSR count). The average molecular weight is 277 g/mol. The Kier molecular flexibility index (Phi) is 2.92. The van der Waals surface area contributed by atoms with Gasteiger partial charge in [-0.2, -0.15) is 5.10 Å². The molecular formula is C18H19N3. The average Bonchev–Trinajstić information content (AvgIpc) is 2.94. The summed E-state index contributed by atoms with van der Waals surface area (Å²) >= 11 is 0. The molecule has 0 spiro atoms. The maximum atomic E-state index is 4.81. The fraction of sp³-hybridized carbons (Fsp3) is 0.278. The van der Waals surface area contributed by atoms with Gasteiger partial charge in [-0.05, 0) is 36.1 Å². The standard InChI is InChI=1S/C18H19N3/c1-2-13-7-9-14(10-8-13)17-11-12-19-18-15-5-3-4-6-16(15)20-21(17)18/h3-10,17,19H,2,11-12H2,1H3. The second kappa shape index (κ2) is 4.92. The Balaban J connectivity index is 1.82. The van der Waals surface area contributed by atoms with Gasteiger partial charge in [-0.1, -0.05) is 43.3 Å². The fourth-order valence-electron chi connectivity index (χ4n) is 3.19. The third kappa shape index (κ3) is 2.00. The van der Waals surface area contributed by atoms with E-state index in [0.29, 0.717) is 6.04 Å². The third-order valence-electron chi connectivity index (χ3n) is 4.38. The molecule has 1 aliphatic heterocycles. The van der Waals surface area contributed by atoms with E-state index in [9.17, 15) is 0 Å². The van der Waals surface area contributed by atoms with Crippen LogP contribution in [-0.2, 0) is 6.42 Å². The Morgan fingerprint density at radius 1 is 1.14 bits per heavy atom. The Morgan fingerprint density at radius 2 is 1.95 bits per heavy atom. The Labute approximate surface area is 124 Å². The van der Waals surface area contributed by atoms with Crippen molar-refractivity contribution < 1.29 is 0 Å². The molecular weight excluding hydrogens is 258 g/mol. The molecule has 0 saturated carbocycles. The molecule has 2 heterocycles. The van der Waals surface area contributed by atoms with Gasteiger partial charge in [0.05, 0.1) is 11.6 Å². The molecule has 0 amide bonds. The van der Waals surface area contributed by atoms with Crippen LogP contribution in [-0.4, -0.2) is 16.3 Å². The first-order chi connectivity index (χ1) is 10.4. The van der Waals surface area contributed by atoms with Crippen LogP contribution in [0, 0.1) is 0 Å². The lowest BCUT2D eigenvalue weighted by atomic mass is 10.0. The first-order valence-corrected chi connectivity index (χ1v) is 7.67. The number of benzene rings is 2. The molecule has 3 aromatic rings. The quantitative estimate of drug-likeness (QED) is 0.767. The molecule has 106 valence electrons. The van der Waals surface area contributed by atoms with Crippen LogP contribution in [0.2, 0.25) is 0 Å². The van der Waals surface area contributed by atoms with E-state index >= 15 is 0 Å². The van der Waals surface area contributed by atoms with Crippen molar-refractivity contribution in [1.82, 2.24) is 9.78 Å². The smallest absolute Gasteiger partial charge is 0.132 e. The SMILES string of the molecule is CCc1ccc(C2CCNc3c4ccccc4nn32)cc1. The number of rotatable bonds is 2. The molecule has 0 aliphatic carbocycles. The van der Waals surface area contributed by atoms with E-state index in [1.54, 1.807) is 0 Å². The van der Waals surface area contributed by atoms with Gasteiger partial charge in [0.15, 0.2) is 0 Å². The topological polar surface area (TPSA) is 29.9 Å². The van der Waals surface area contributed by atoms with Crippen molar-refractivity contribution in [2.75, 3.05) is 11.9 Å². The zero-order valence-corrected chi connectivity index (χ0v) is 12.2. The van der Waals surface area contributed by atoms with Gasteiger partial charge in [0, 0.05) is 11.9 Å². The molecule has 0 radical (unpaired) electrons. The minimum absolute atomic E-state index is 0.333. The summed E-state index contributed by atoms with van der Waals surface area (Å²) < 4.78 is 2.16. The van der Waals surface area contributed by atoms with Crippen molar-refractivity contribution in [2.24, 2.45) is 0 Å². The number of aryl methyl sites for hydroxylation is 1. The van der Waals surface area contributed by atoms with Gasteiger partial charge in [-0.15, -0.1) is 0 Å². The van der Waals surface area contributed by atoms with Crippen LogP contribution >= 0.6 is 0 Å². The van der Waals surface area contributed by atoms with E-state index in [4.69, 9.17) is 5.10 Å². The Hall–Kier alpha value is -2.29. The van der Waals surface area contributed by atoms with Crippen molar-refractivity contribution in [2.45, 2.75) is 25.8 Å². The highest BCUT2D eigenvalue weighted by molar-refractivity contribution is 5.90. The second-order valence-corrected chi connectivity index (χ2v) is 5.64. The first-order valence-electron chi connectivity index (χ1n) is 7.67. The largest absolute Gasteiger partial charge is 0.370 e. The van der Waals surface area contributed by atoms with Crippen LogP contribution in [0.5, 0.6) is 0 Å². The van der Waals surface area contributed by atoms with E-state index in [-0.39, 0.29) is 0 Å². The highest BCUT2D eigenvalue weighted by Gasteiger charge is 2.24. The number of nitrogens with zero attached hydrogens (tertiary/aromatic N) is 2. The summed E-state index contributed by atoms with van der Waals surface area (Å²) in [5, 5.41) is 9.53. The minimum Gasteiger partial charge on any atom is -0.370 e. The maximum Gasteiger partial charge on any atom is 0.132 e. The number of anilines is 1. The summed E-state index contributed by atoms with van der Waals surface area (Å²) in [6, 6.07) is 17.7. The van der Waals surface area contributed by atoms with E-state index in [2.05, 4.69) is 59.4 Å². The third-order valence-corrected chi connectivity index (χ3v) is 4.38. The number of nitrogens with one attached hydrogen (secondary N) is 1. The van der Waals surface area contributed by atoms with Gasteiger partial charge in [0.1, 0.15) is 5.82 Å². The van der Waals surface area contributed by atoms with Crippen LogP contribution in [0.3, 0.4) is 0 Å². The highest BCUT2D eigenvalue weighted by Crippen LogP contribution is 2.34. The van der Waals surface area contributed by atoms with Crippen molar-refractivity contribution in [3.63, 3.8) is 0 Å². The summed E-state index contributed by atoms with van der Waals surface area (Å²) in [6.07, 6.45) is 2.16. The van der Waals surface area contributed by atoms with Crippen molar-refractivity contribution in [1.29, 1.82) is 0 Å². The zero-order valence-electron chi connectivity index (χ0n) is 12.2. The summed E-state index contributed by atoms with van der Waals surface area (Å²) in [6.45, 7) is 3.19. The number of hydrogen-bond donors (Lipinski definition) is 1. The van der Waals surface area contributed by atoms with E-state index in [1.807, 2.05) is 6.07 Å². The molecule has 1 unspecified atom stereocenters. The van der Waals surface area contributed by atoms with Crippen LogP contribution < -0.4 is 5.32 Å². The van der Waals surface area contributed by atoms with Gasteiger partial charge in [-0.25, -0.2) is 4.68 Å². The lowest BCUT2D eigenvalue weighted by Gasteiger charge is -2.26. The Bertz CT molecular complexity index is 771. The van der Waals surface area contributed by atoms with Crippen molar-refractivity contribution in [3.05, 3.63) is 59.7 Å². The molecule has 2 aromatic carbocycles. The predicted octanol–water partition coefficient (Wildman–Crippen LogP) is 4.00. The molecule has 3 nitrogen and oxygen atoms in total. The molecule has 3 heteroatoms. The number of fused-ring (bicyclic) bond motifs is 3. The lowest BCUT2D eigenvalue weighted by molar-refractivity contribution is 0.485. The predicted molar refractivity (Wildman–Crippen MR) is 86.8 cm³/mol. The molecule has 1 atom stereocenters. The highest BCUT2D eigenvalue weighted by atomic mass is 15.4. The van der Waals surface area contributed by atoms with Crippen LogP contribution in [0.25, 0.3) is 10.9 Å². The molecule has 0 saturated heterocycles. The van der Waals surface area contributed by atoms with Gasteiger partial charge in [0.25, 0.3) is 0 Å². The number of aromatic nitrogens is 2. The van der Waals surface area contributed by atoms with Crippen molar-refractivity contribution in [3.8, 4) is 0 Å². The first kappa shape index (κ1) is 12.5. The van der Waals surface area contributed by atoms with E-state index in [0.717, 1.165) is 30.7 Å². The fourth-order valence-corrected chi connectivity index (χ4v) is 3.19. The molecule has 21 heavy (non-hydrogen) atoms. The van der Waals surface area contributed by atoms with Gasteiger partial charge < -0.3 is 5.32 Å². The molecule has 1 N–H and O–H groups in total. The summed E-state index contributed by atoms with van der Waals surface area (Å²) in [5.74, 6) is 1.15. The minimum atomic E-state index is 0.333. The van der Waals surface area contributed by atoms with E-state index in [1.165, 1.54) is 16.5 Å². The number of hydrogen-bond acceptors (Lipinski definition) is 2. The monoisotopic (exact) mass is 277 g/mol. The van der Waals surface area contributed by atoms with Crippen molar-refractivity contribution >= 4 is 16.7 Å². The van der Waals surface area contributed by atoms with Gasteiger partial charge in [-0.3, -0.25) is 0 Å². The molecule has 0 bridgehead atoms. The normalized spacial score (nSPS) is 17.5.